The van der Waals surface area contributed by atoms with Crippen molar-refractivity contribution in [3.63, 3.8) is 0 Å². The number of aromatic nitrogens is 1. The molecule has 0 bridgehead atoms. The predicted molar refractivity (Wildman–Crippen MR) is 77.6 cm³/mol. The summed E-state index contributed by atoms with van der Waals surface area (Å²) in [5.41, 5.74) is 7.62. The van der Waals surface area contributed by atoms with E-state index in [1.165, 1.54) is 32.1 Å². The Bertz CT molecular complexity index is 381. The van der Waals surface area contributed by atoms with E-state index in [1.807, 2.05) is 13.0 Å². The van der Waals surface area contributed by atoms with Crippen LogP contribution >= 0.6 is 0 Å². The number of nitrogens with two attached hydrogens (primary N) is 1. The van der Waals surface area contributed by atoms with Gasteiger partial charge in [0.25, 0.3) is 0 Å². The van der Waals surface area contributed by atoms with Gasteiger partial charge in [0.05, 0.1) is 11.9 Å². The summed E-state index contributed by atoms with van der Waals surface area (Å²) >= 11 is 0. The number of nitrogen functional groups attached to an aromatic ring is 1. The van der Waals surface area contributed by atoms with Gasteiger partial charge >= 0.3 is 0 Å². The predicted octanol–water partition coefficient (Wildman–Crippen LogP) is 3.60. The molecule has 100 valence electrons. The number of nitrogens with one attached hydrogen (secondary N) is 1. The number of anilines is 2. The van der Waals surface area contributed by atoms with E-state index in [4.69, 9.17) is 5.73 Å². The van der Waals surface area contributed by atoms with Crippen molar-refractivity contribution in [2.45, 2.75) is 46.0 Å². The number of hydrogen-bond donors (Lipinski definition) is 2. The van der Waals surface area contributed by atoms with Crippen molar-refractivity contribution in [3.05, 3.63) is 17.8 Å². The molecule has 0 spiro atoms. The SMILES string of the molecule is Cc1cc(NCCC2CCC(C)CC2)ncc1N. The molecule has 3 heteroatoms. The summed E-state index contributed by atoms with van der Waals surface area (Å²) in [6.45, 7) is 5.41. The molecular formula is C15H25N3. The lowest BCUT2D eigenvalue weighted by atomic mass is 9.81. The number of nitrogens with zero attached hydrogens (tertiary/aromatic N) is 1. The summed E-state index contributed by atoms with van der Waals surface area (Å²) in [6.07, 6.45) is 8.61. The van der Waals surface area contributed by atoms with Crippen molar-refractivity contribution in [3.8, 4) is 0 Å². The molecule has 0 unspecified atom stereocenters. The molecule has 1 aliphatic rings. The lowest BCUT2D eigenvalue weighted by Gasteiger charge is -2.26. The molecule has 3 nitrogen and oxygen atoms in total. The standard InChI is InChI=1S/C15H25N3/c1-11-3-5-13(6-4-11)7-8-17-15-9-12(2)14(16)10-18-15/h9-11,13H,3-8,16H2,1-2H3,(H,17,18). The molecule has 1 aromatic heterocycles. The van der Waals surface area contributed by atoms with Gasteiger partial charge in [-0.25, -0.2) is 4.98 Å². The van der Waals surface area contributed by atoms with Crippen LogP contribution in [0.2, 0.25) is 0 Å². The zero-order valence-electron chi connectivity index (χ0n) is 11.6. The van der Waals surface area contributed by atoms with Gasteiger partial charge in [-0.2, -0.15) is 0 Å². The molecule has 0 aromatic carbocycles. The van der Waals surface area contributed by atoms with Crippen LogP contribution in [0.15, 0.2) is 12.3 Å². The van der Waals surface area contributed by atoms with Crippen molar-refractivity contribution < 1.29 is 0 Å². The minimum absolute atomic E-state index is 0.766. The van der Waals surface area contributed by atoms with Crippen LogP contribution in [-0.4, -0.2) is 11.5 Å². The summed E-state index contributed by atoms with van der Waals surface area (Å²) in [4.78, 5) is 4.30. The molecule has 1 heterocycles. The lowest BCUT2D eigenvalue weighted by molar-refractivity contribution is 0.282. The van der Waals surface area contributed by atoms with E-state index in [1.54, 1.807) is 6.20 Å². The highest BCUT2D eigenvalue weighted by molar-refractivity contribution is 5.50. The molecule has 2 rings (SSSR count). The fraction of sp³-hybridized carbons (Fsp3) is 0.667. The van der Waals surface area contributed by atoms with Crippen LogP contribution in [0, 0.1) is 18.8 Å². The quantitative estimate of drug-likeness (QED) is 0.854. The third-order valence-corrected chi connectivity index (χ3v) is 4.15. The average molecular weight is 247 g/mol. The van der Waals surface area contributed by atoms with Crippen molar-refractivity contribution >= 4 is 11.5 Å². The van der Waals surface area contributed by atoms with Crippen LogP contribution < -0.4 is 11.1 Å². The van der Waals surface area contributed by atoms with Gasteiger partial charge < -0.3 is 11.1 Å². The molecule has 1 fully saturated rings. The second-order valence-corrected chi connectivity index (χ2v) is 5.77. The van der Waals surface area contributed by atoms with Gasteiger partial charge in [-0.15, -0.1) is 0 Å². The number of aryl methyl sites for hydroxylation is 1. The molecule has 0 saturated heterocycles. The molecule has 1 aromatic rings. The minimum atomic E-state index is 0.766. The molecule has 0 aliphatic heterocycles. The monoisotopic (exact) mass is 247 g/mol. The largest absolute Gasteiger partial charge is 0.397 e. The van der Waals surface area contributed by atoms with Crippen LogP contribution in [0.3, 0.4) is 0 Å². The zero-order valence-corrected chi connectivity index (χ0v) is 11.6. The normalized spacial score (nSPS) is 23.9. The first-order valence-electron chi connectivity index (χ1n) is 7.11. The van der Waals surface area contributed by atoms with Crippen LogP contribution in [-0.2, 0) is 0 Å². The van der Waals surface area contributed by atoms with Gasteiger partial charge in [0.15, 0.2) is 0 Å². The zero-order chi connectivity index (χ0) is 13.0. The van der Waals surface area contributed by atoms with Crippen LogP contribution in [0.25, 0.3) is 0 Å². The van der Waals surface area contributed by atoms with Gasteiger partial charge in [-0.3, -0.25) is 0 Å². The Morgan fingerprint density at radius 1 is 1.33 bits per heavy atom. The van der Waals surface area contributed by atoms with Crippen molar-refractivity contribution in [2.75, 3.05) is 17.6 Å². The average Bonchev–Trinajstić information content (AvgIpc) is 2.36. The summed E-state index contributed by atoms with van der Waals surface area (Å²) in [5.74, 6) is 2.80. The Morgan fingerprint density at radius 3 is 2.72 bits per heavy atom. The van der Waals surface area contributed by atoms with E-state index in [2.05, 4.69) is 17.2 Å². The van der Waals surface area contributed by atoms with Gasteiger partial charge in [-0.05, 0) is 36.8 Å². The summed E-state index contributed by atoms with van der Waals surface area (Å²) in [5, 5.41) is 3.40. The van der Waals surface area contributed by atoms with E-state index < -0.39 is 0 Å². The Kier molecular flexibility index (Phi) is 4.45. The molecule has 0 amide bonds. The fourth-order valence-electron chi connectivity index (χ4n) is 2.69. The molecule has 3 N–H and O–H groups in total. The van der Waals surface area contributed by atoms with E-state index in [-0.39, 0.29) is 0 Å². The maximum atomic E-state index is 5.76. The van der Waals surface area contributed by atoms with E-state index >= 15 is 0 Å². The Morgan fingerprint density at radius 2 is 2.06 bits per heavy atom. The van der Waals surface area contributed by atoms with Gasteiger partial charge in [0.2, 0.25) is 0 Å². The Hall–Kier alpha value is -1.25. The number of hydrogen-bond acceptors (Lipinski definition) is 3. The maximum Gasteiger partial charge on any atom is 0.126 e. The highest BCUT2D eigenvalue weighted by Gasteiger charge is 2.17. The van der Waals surface area contributed by atoms with Gasteiger partial charge in [-0.1, -0.05) is 32.6 Å². The minimum Gasteiger partial charge on any atom is -0.397 e. The summed E-state index contributed by atoms with van der Waals surface area (Å²) in [7, 11) is 0. The number of rotatable bonds is 4. The Balaban J connectivity index is 1.73. The van der Waals surface area contributed by atoms with Gasteiger partial charge in [0.1, 0.15) is 5.82 Å². The van der Waals surface area contributed by atoms with Crippen molar-refractivity contribution in [2.24, 2.45) is 11.8 Å². The van der Waals surface area contributed by atoms with Crippen LogP contribution in [0.4, 0.5) is 11.5 Å². The molecule has 0 atom stereocenters. The molecule has 1 aliphatic carbocycles. The topological polar surface area (TPSA) is 50.9 Å². The second kappa shape index (κ2) is 6.07. The summed E-state index contributed by atoms with van der Waals surface area (Å²) < 4.78 is 0. The van der Waals surface area contributed by atoms with Gasteiger partial charge in [0, 0.05) is 6.54 Å². The smallest absolute Gasteiger partial charge is 0.126 e. The van der Waals surface area contributed by atoms with E-state index in [9.17, 15) is 0 Å². The van der Waals surface area contributed by atoms with E-state index in [0.717, 1.165) is 35.4 Å². The lowest BCUT2D eigenvalue weighted by Crippen LogP contribution is -2.16. The first-order valence-corrected chi connectivity index (χ1v) is 7.11. The Labute approximate surface area is 110 Å². The third-order valence-electron chi connectivity index (χ3n) is 4.15. The van der Waals surface area contributed by atoms with Crippen LogP contribution in [0.1, 0.15) is 44.6 Å². The highest BCUT2D eigenvalue weighted by Crippen LogP contribution is 2.30. The van der Waals surface area contributed by atoms with Crippen LogP contribution in [0.5, 0.6) is 0 Å². The summed E-state index contributed by atoms with van der Waals surface area (Å²) in [6, 6.07) is 2.03. The fourth-order valence-corrected chi connectivity index (χ4v) is 2.69. The molecule has 18 heavy (non-hydrogen) atoms. The third kappa shape index (κ3) is 3.62. The van der Waals surface area contributed by atoms with Crippen molar-refractivity contribution in [1.82, 2.24) is 4.98 Å². The molecule has 0 radical (unpaired) electrons. The highest BCUT2D eigenvalue weighted by atomic mass is 15.0. The van der Waals surface area contributed by atoms with Crippen molar-refractivity contribution in [1.29, 1.82) is 0 Å². The second-order valence-electron chi connectivity index (χ2n) is 5.77. The van der Waals surface area contributed by atoms with E-state index in [0.29, 0.717) is 0 Å². The maximum absolute atomic E-state index is 5.76. The molecular weight excluding hydrogens is 222 g/mol. The first-order chi connectivity index (χ1) is 8.65. The molecule has 1 saturated carbocycles. The first kappa shape index (κ1) is 13.2. The number of pyridine rings is 1.